The van der Waals surface area contributed by atoms with E-state index < -0.39 is 152 Å². The molecule has 8 aromatic rings. The molecule has 0 atom stereocenters. The molecule has 0 radical (unpaired) electrons. The van der Waals surface area contributed by atoms with Crippen molar-refractivity contribution in [1.82, 2.24) is 0 Å². The second-order valence-corrected chi connectivity index (χ2v) is 18.9. The highest BCUT2D eigenvalue weighted by Gasteiger charge is 2.52. The third-order valence-electron chi connectivity index (χ3n) is 11.7. The van der Waals surface area contributed by atoms with E-state index in [0.29, 0.717) is 6.16 Å². The zero-order valence-corrected chi connectivity index (χ0v) is 36.0. The van der Waals surface area contributed by atoms with E-state index in [1.165, 1.54) is 15.9 Å². The third kappa shape index (κ3) is 8.22. The molecule has 0 aliphatic carbocycles. The summed E-state index contributed by atoms with van der Waals surface area (Å²) in [6.07, 6.45) is -6.55. The summed E-state index contributed by atoms with van der Waals surface area (Å²) in [5.74, 6) is -71.5. The Morgan fingerprint density at radius 3 is 0.653 bits per heavy atom. The van der Waals surface area contributed by atoms with E-state index in [4.69, 9.17) is 0 Å². The number of hydrogen-bond donors (Lipinski definition) is 0. The summed E-state index contributed by atoms with van der Waals surface area (Å²) in [7, 11) is -2.04. The molecule has 0 saturated carbocycles. The third-order valence-corrected chi connectivity index (χ3v) is 16.0. The van der Waals surface area contributed by atoms with Crippen molar-refractivity contribution in [2.75, 3.05) is 0 Å². The largest absolute Gasteiger partial charge is 0.207 e. The second kappa shape index (κ2) is 20.1. The van der Waals surface area contributed by atoms with Crippen LogP contribution in [0.3, 0.4) is 0 Å². The first kappa shape index (κ1) is 52.6. The summed E-state index contributed by atoms with van der Waals surface area (Å²) in [6.45, 7) is 0. The van der Waals surface area contributed by atoms with Gasteiger partial charge in [0.2, 0.25) is 0 Å². The Morgan fingerprint density at radius 1 is 0.236 bits per heavy atom. The molecule has 0 aliphatic rings. The number of benzene rings is 8. The highest BCUT2D eigenvalue weighted by molar-refractivity contribution is 7.95. The van der Waals surface area contributed by atoms with Gasteiger partial charge in [0.05, 0.1) is 0 Å². The monoisotopic (exact) mass is 1050 g/mol. The molecule has 0 N–H and O–H groups in total. The standard InChI is InChI=1S/C25H21FP.C24BF20/c26-25-19-11-10-12-21(25)20-27(22-13-4-1-5-14-22,23-15-6-2-7-16-23)24-17-8-3-9-18-24;26-5-1(6(27)14(35)21(42)13(5)34)25(2-7(28)15(36)22(43)16(37)8(2)29,3-9(30)17(38)23(44)18(39)10(3)31)4-11(32)19(40)24(45)20(41)12(4)33/h1-19H,20H2;/q+1;-1. The normalized spacial score (nSPS) is 11.7. The van der Waals surface area contributed by atoms with Crippen LogP contribution in [0.4, 0.5) is 92.2 Å². The van der Waals surface area contributed by atoms with E-state index >= 15 is 35.1 Å². The predicted octanol–water partition coefficient (Wildman–Crippen LogP) is 11.2. The maximum atomic E-state index is 15.4. The Bertz CT molecular complexity index is 2920. The highest BCUT2D eigenvalue weighted by atomic mass is 31.2. The first-order valence-corrected chi connectivity index (χ1v) is 22.0. The van der Waals surface area contributed by atoms with Crippen LogP contribution in [-0.2, 0) is 6.16 Å². The minimum absolute atomic E-state index is 0.135. The molecule has 0 unspecified atom stereocenters. The van der Waals surface area contributed by atoms with Gasteiger partial charge in [-0.2, -0.15) is 0 Å². The Hall–Kier alpha value is -7.22. The molecule has 0 nitrogen and oxygen atoms in total. The van der Waals surface area contributed by atoms with E-state index in [0.717, 1.165) is 5.56 Å². The molecule has 0 aliphatic heterocycles. The quantitative estimate of drug-likeness (QED) is 0.0444. The van der Waals surface area contributed by atoms with Gasteiger partial charge in [0.25, 0.3) is 0 Å². The molecule has 0 fully saturated rings. The van der Waals surface area contributed by atoms with E-state index in [9.17, 15) is 57.1 Å². The lowest BCUT2D eigenvalue weighted by Crippen LogP contribution is -2.81. The molecule has 0 amide bonds. The fourth-order valence-corrected chi connectivity index (χ4v) is 12.8. The molecule has 8 aromatic carbocycles. The predicted molar refractivity (Wildman–Crippen MR) is 224 cm³/mol. The Labute approximate surface area is 391 Å². The van der Waals surface area contributed by atoms with Gasteiger partial charge in [-0.1, -0.05) is 72.8 Å². The fourth-order valence-electron chi connectivity index (χ4n) is 8.52. The van der Waals surface area contributed by atoms with Crippen molar-refractivity contribution < 1.29 is 92.2 Å². The van der Waals surface area contributed by atoms with E-state index in [2.05, 4.69) is 72.8 Å². The van der Waals surface area contributed by atoms with Crippen LogP contribution in [0, 0.1) is 122 Å². The van der Waals surface area contributed by atoms with Gasteiger partial charge in [0.1, 0.15) is 87.8 Å². The maximum Gasteiger partial charge on any atom is 0.200 e. The zero-order valence-electron chi connectivity index (χ0n) is 35.1. The minimum Gasteiger partial charge on any atom is -0.207 e. The van der Waals surface area contributed by atoms with Crippen molar-refractivity contribution in [2.24, 2.45) is 0 Å². The lowest BCUT2D eigenvalue weighted by Gasteiger charge is -2.44. The summed E-state index contributed by atoms with van der Waals surface area (Å²) in [4.78, 5) is 0. The Kier molecular flexibility index (Phi) is 14.7. The number of rotatable bonds is 9. The second-order valence-electron chi connectivity index (χ2n) is 15.4. The van der Waals surface area contributed by atoms with E-state index in [1.807, 2.05) is 30.3 Å². The van der Waals surface area contributed by atoms with Gasteiger partial charge < -0.3 is 0 Å². The molecule has 8 rings (SSSR count). The van der Waals surface area contributed by atoms with Crippen molar-refractivity contribution in [2.45, 2.75) is 6.16 Å². The van der Waals surface area contributed by atoms with Crippen LogP contribution < -0.4 is 37.8 Å². The van der Waals surface area contributed by atoms with Crippen molar-refractivity contribution in [3.8, 4) is 0 Å². The van der Waals surface area contributed by atoms with Crippen LogP contribution in [-0.4, -0.2) is 6.15 Å². The first-order chi connectivity index (χ1) is 34.0. The van der Waals surface area contributed by atoms with Gasteiger partial charge in [-0.3, -0.25) is 0 Å². The number of hydrogen-bond acceptors (Lipinski definition) is 0. The van der Waals surface area contributed by atoms with Crippen molar-refractivity contribution in [3.05, 3.63) is 243 Å². The highest BCUT2D eigenvalue weighted by Crippen LogP contribution is 2.58. The topological polar surface area (TPSA) is 0 Å². The van der Waals surface area contributed by atoms with Crippen LogP contribution in [0.25, 0.3) is 0 Å². The first-order valence-electron chi connectivity index (χ1n) is 20.0. The smallest absolute Gasteiger partial charge is 0.200 e. The Morgan fingerprint density at radius 2 is 0.431 bits per heavy atom. The summed E-state index contributed by atoms with van der Waals surface area (Å²) in [5, 5.41) is 3.81. The molecule has 0 aromatic heterocycles. The Balaban J connectivity index is 0.000000238. The van der Waals surface area contributed by atoms with Crippen molar-refractivity contribution >= 4 is 51.2 Å². The van der Waals surface area contributed by atoms with Gasteiger partial charge in [-0.15, -0.1) is 21.9 Å². The average Bonchev–Trinajstić information content (AvgIpc) is 3.39. The molecule has 0 saturated heterocycles. The SMILES string of the molecule is Fc1c(F)c(F)c([B-](c2c(F)c(F)c(F)c(F)c2F)(c2c(F)c(F)c(F)c(F)c2F)c2c(F)c(F)c(F)c(F)c2F)c(F)c1F.Fc1ccccc1C[P+](c1ccccc1)(c1ccccc1)c1ccccc1. The molecule has 72 heavy (non-hydrogen) atoms. The summed E-state index contributed by atoms with van der Waals surface area (Å²) in [5.41, 5.74) is -13.6. The molecule has 23 heteroatoms. The van der Waals surface area contributed by atoms with E-state index in [-0.39, 0.29) is 5.82 Å². The summed E-state index contributed by atoms with van der Waals surface area (Å²) >= 11 is 0. The average molecular weight is 1050 g/mol. The lowest BCUT2D eigenvalue weighted by atomic mass is 9.12. The summed E-state index contributed by atoms with van der Waals surface area (Å²) < 4.78 is 309. The van der Waals surface area contributed by atoms with Crippen molar-refractivity contribution in [3.63, 3.8) is 0 Å². The van der Waals surface area contributed by atoms with Crippen LogP contribution in [0.5, 0.6) is 0 Å². The fraction of sp³-hybridized carbons (Fsp3) is 0.0204. The molecular weight excluding hydrogens is 1030 g/mol. The minimum atomic E-state index is -7.22. The van der Waals surface area contributed by atoms with Gasteiger partial charge in [-0.05, 0) is 42.5 Å². The summed E-state index contributed by atoms with van der Waals surface area (Å²) in [6, 6.07) is 38.9. The molecule has 372 valence electrons. The van der Waals surface area contributed by atoms with E-state index in [1.54, 1.807) is 12.1 Å². The zero-order chi connectivity index (χ0) is 52.9. The van der Waals surface area contributed by atoms with Gasteiger partial charge >= 0.3 is 0 Å². The molecule has 0 spiro atoms. The van der Waals surface area contributed by atoms with Crippen LogP contribution in [0.2, 0.25) is 0 Å². The lowest BCUT2D eigenvalue weighted by molar-refractivity contribution is 0.378. The van der Waals surface area contributed by atoms with Crippen LogP contribution >= 0.6 is 7.26 Å². The maximum absolute atomic E-state index is 15.4. The molecule has 0 heterocycles. The van der Waals surface area contributed by atoms with Gasteiger partial charge in [0.15, 0.2) is 69.8 Å². The van der Waals surface area contributed by atoms with Gasteiger partial charge in [0, 0.05) is 5.56 Å². The molecular formula is C49H21BF21P. The number of halogens is 21. The van der Waals surface area contributed by atoms with Crippen LogP contribution in [0.1, 0.15) is 5.56 Å². The molecule has 0 bridgehead atoms. The van der Waals surface area contributed by atoms with Crippen molar-refractivity contribution in [1.29, 1.82) is 0 Å². The van der Waals surface area contributed by atoms with Gasteiger partial charge in [-0.25, -0.2) is 92.2 Å². The van der Waals surface area contributed by atoms with Crippen LogP contribution in [0.15, 0.2) is 115 Å².